The van der Waals surface area contributed by atoms with Crippen LogP contribution in [0.4, 0.5) is 0 Å². The second kappa shape index (κ2) is 5.03. The van der Waals surface area contributed by atoms with Crippen LogP contribution in [-0.2, 0) is 0 Å². The molecule has 2 rings (SSSR count). The van der Waals surface area contributed by atoms with Crippen LogP contribution in [0.25, 0.3) is 0 Å². The Morgan fingerprint density at radius 3 is 2.84 bits per heavy atom. The van der Waals surface area contributed by atoms with E-state index < -0.39 is 11.9 Å². The van der Waals surface area contributed by atoms with Crippen molar-refractivity contribution >= 4 is 11.9 Å². The Morgan fingerprint density at radius 2 is 2.21 bits per heavy atom. The first kappa shape index (κ1) is 13.6. The molecule has 0 bridgehead atoms. The summed E-state index contributed by atoms with van der Waals surface area (Å²) in [6, 6.07) is 0.0621. The molecule has 0 radical (unpaired) electrons. The van der Waals surface area contributed by atoms with Crippen LogP contribution in [0, 0.1) is 5.41 Å². The van der Waals surface area contributed by atoms with Crippen molar-refractivity contribution in [2.45, 2.75) is 45.6 Å². The molecule has 1 aromatic rings. The maximum atomic E-state index is 12.1. The summed E-state index contributed by atoms with van der Waals surface area (Å²) in [5.41, 5.74) is -0.173. The quantitative estimate of drug-likeness (QED) is 0.776. The van der Waals surface area contributed by atoms with Crippen molar-refractivity contribution in [3.05, 3.63) is 17.7 Å². The van der Waals surface area contributed by atoms with Crippen molar-refractivity contribution < 1.29 is 14.7 Å². The van der Waals surface area contributed by atoms with Crippen molar-refractivity contribution in [2.75, 3.05) is 0 Å². The summed E-state index contributed by atoms with van der Waals surface area (Å²) in [5.74, 6) is -1.59. The summed E-state index contributed by atoms with van der Waals surface area (Å²) in [6.07, 6.45) is 5.46. The zero-order valence-corrected chi connectivity index (χ0v) is 11.2. The van der Waals surface area contributed by atoms with Crippen LogP contribution >= 0.6 is 0 Å². The number of nitrogens with zero attached hydrogens (tertiary/aromatic N) is 1. The molecular weight excluding hydrogens is 246 g/mol. The lowest BCUT2D eigenvalue weighted by Crippen LogP contribution is -2.47. The molecule has 104 valence electrons. The second-order valence-electron chi connectivity index (χ2n) is 5.69. The highest BCUT2D eigenvalue weighted by atomic mass is 16.4. The standard InChI is InChI=1S/C13H19N3O3/c1-13(2)6-4-3-5-8(13)16-11(17)9-10(12(18)19)15-7-14-9/h7-8H,3-6H2,1-2H3,(H,14,15)(H,16,17)(H,18,19). The molecule has 1 unspecified atom stereocenters. The largest absolute Gasteiger partial charge is 0.477 e. The second-order valence-corrected chi connectivity index (χ2v) is 5.69. The molecule has 1 heterocycles. The lowest BCUT2D eigenvalue weighted by Gasteiger charge is -2.38. The van der Waals surface area contributed by atoms with Gasteiger partial charge < -0.3 is 15.4 Å². The average Bonchev–Trinajstić information content (AvgIpc) is 2.80. The van der Waals surface area contributed by atoms with Gasteiger partial charge in [0.2, 0.25) is 0 Å². The number of H-pyrrole nitrogens is 1. The van der Waals surface area contributed by atoms with E-state index in [-0.39, 0.29) is 22.8 Å². The first-order chi connectivity index (χ1) is 8.92. The smallest absolute Gasteiger partial charge is 0.354 e. The van der Waals surface area contributed by atoms with E-state index in [2.05, 4.69) is 29.1 Å². The molecule has 1 fully saturated rings. The van der Waals surface area contributed by atoms with Crippen LogP contribution in [-0.4, -0.2) is 33.0 Å². The minimum Gasteiger partial charge on any atom is -0.477 e. The molecule has 0 aliphatic heterocycles. The van der Waals surface area contributed by atoms with Gasteiger partial charge in [-0.3, -0.25) is 4.79 Å². The number of aromatic amines is 1. The zero-order chi connectivity index (χ0) is 14.0. The average molecular weight is 265 g/mol. The molecule has 1 aromatic heterocycles. The van der Waals surface area contributed by atoms with E-state index in [0.29, 0.717) is 0 Å². The Labute approximate surface area is 111 Å². The minimum atomic E-state index is -1.18. The van der Waals surface area contributed by atoms with E-state index in [9.17, 15) is 9.59 Å². The molecule has 1 aliphatic carbocycles. The highest BCUT2D eigenvalue weighted by molar-refractivity contribution is 6.02. The molecular formula is C13H19N3O3. The van der Waals surface area contributed by atoms with Crippen LogP contribution in [0.5, 0.6) is 0 Å². The van der Waals surface area contributed by atoms with Crippen molar-refractivity contribution in [3.8, 4) is 0 Å². The van der Waals surface area contributed by atoms with Gasteiger partial charge in [0.25, 0.3) is 5.91 Å². The van der Waals surface area contributed by atoms with Crippen molar-refractivity contribution in [2.24, 2.45) is 5.41 Å². The SMILES string of the molecule is CC1(C)CCCCC1NC(=O)c1nc[nH]c1C(=O)O. The van der Waals surface area contributed by atoms with E-state index in [4.69, 9.17) is 5.11 Å². The summed E-state index contributed by atoms with van der Waals surface area (Å²) in [5, 5.41) is 11.9. The monoisotopic (exact) mass is 265 g/mol. The number of rotatable bonds is 3. The lowest BCUT2D eigenvalue weighted by molar-refractivity contribution is 0.0681. The third kappa shape index (κ3) is 2.77. The summed E-state index contributed by atoms with van der Waals surface area (Å²) in [4.78, 5) is 29.4. The number of amides is 1. The Kier molecular flexibility index (Phi) is 3.59. The van der Waals surface area contributed by atoms with Crippen LogP contribution in [0.15, 0.2) is 6.33 Å². The van der Waals surface area contributed by atoms with Crippen molar-refractivity contribution in [1.82, 2.24) is 15.3 Å². The van der Waals surface area contributed by atoms with Crippen LogP contribution in [0.1, 0.15) is 60.5 Å². The fourth-order valence-electron chi connectivity index (χ4n) is 2.62. The Hall–Kier alpha value is -1.85. The maximum Gasteiger partial charge on any atom is 0.354 e. The molecule has 3 N–H and O–H groups in total. The lowest BCUT2D eigenvalue weighted by atomic mass is 9.73. The molecule has 0 aromatic carbocycles. The number of carbonyl (C=O) groups excluding carboxylic acids is 1. The molecule has 1 aliphatic rings. The predicted molar refractivity (Wildman–Crippen MR) is 69.1 cm³/mol. The van der Waals surface area contributed by atoms with E-state index in [0.717, 1.165) is 19.3 Å². The number of aromatic nitrogens is 2. The topological polar surface area (TPSA) is 95.1 Å². The number of hydrogen-bond donors (Lipinski definition) is 3. The molecule has 19 heavy (non-hydrogen) atoms. The summed E-state index contributed by atoms with van der Waals surface area (Å²) < 4.78 is 0. The first-order valence-electron chi connectivity index (χ1n) is 6.49. The number of carbonyl (C=O) groups is 2. The van der Waals surface area contributed by atoms with Gasteiger partial charge in [0.05, 0.1) is 6.33 Å². The Bertz CT molecular complexity index is 493. The molecule has 6 nitrogen and oxygen atoms in total. The summed E-state index contributed by atoms with van der Waals surface area (Å²) in [7, 11) is 0. The van der Waals surface area contributed by atoms with E-state index >= 15 is 0 Å². The number of aromatic carboxylic acids is 1. The van der Waals surface area contributed by atoms with Gasteiger partial charge in [0, 0.05) is 6.04 Å². The van der Waals surface area contributed by atoms with Gasteiger partial charge in [-0.2, -0.15) is 0 Å². The number of nitrogens with one attached hydrogen (secondary N) is 2. The third-order valence-electron chi connectivity index (χ3n) is 3.88. The van der Waals surface area contributed by atoms with Gasteiger partial charge in [0.1, 0.15) is 0 Å². The van der Waals surface area contributed by atoms with E-state index in [1.165, 1.54) is 12.7 Å². The van der Waals surface area contributed by atoms with Gasteiger partial charge in [-0.15, -0.1) is 0 Å². The fourth-order valence-corrected chi connectivity index (χ4v) is 2.62. The normalized spacial score (nSPS) is 21.9. The van der Waals surface area contributed by atoms with Crippen molar-refractivity contribution in [1.29, 1.82) is 0 Å². The van der Waals surface area contributed by atoms with Gasteiger partial charge in [-0.05, 0) is 18.3 Å². The number of hydrogen-bond acceptors (Lipinski definition) is 3. The van der Waals surface area contributed by atoms with E-state index in [1.807, 2.05) is 0 Å². The summed E-state index contributed by atoms with van der Waals surface area (Å²) in [6.45, 7) is 4.25. The Balaban J connectivity index is 2.12. The zero-order valence-electron chi connectivity index (χ0n) is 11.2. The molecule has 1 saturated carbocycles. The number of carboxylic acids is 1. The summed E-state index contributed by atoms with van der Waals surface area (Å²) >= 11 is 0. The highest BCUT2D eigenvalue weighted by Gasteiger charge is 2.34. The number of carboxylic acid groups (broad SMARTS) is 1. The third-order valence-corrected chi connectivity index (χ3v) is 3.88. The first-order valence-corrected chi connectivity index (χ1v) is 6.49. The van der Waals surface area contributed by atoms with Gasteiger partial charge in [-0.1, -0.05) is 26.7 Å². The van der Waals surface area contributed by atoms with Crippen molar-refractivity contribution in [3.63, 3.8) is 0 Å². The molecule has 0 saturated heterocycles. The maximum absolute atomic E-state index is 12.1. The van der Waals surface area contributed by atoms with Gasteiger partial charge in [0.15, 0.2) is 11.4 Å². The molecule has 1 atom stereocenters. The van der Waals surface area contributed by atoms with E-state index in [1.54, 1.807) is 0 Å². The van der Waals surface area contributed by atoms with Crippen LogP contribution in [0.2, 0.25) is 0 Å². The Morgan fingerprint density at radius 1 is 1.47 bits per heavy atom. The predicted octanol–water partition coefficient (Wildman–Crippen LogP) is 1.81. The number of imidazole rings is 1. The minimum absolute atomic E-state index is 0.0353. The van der Waals surface area contributed by atoms with Gasteiger partial charge >= 0.3 is 5.97 Å². The van der Waals surface area contributed by atoms with Crippen LogP contribution < -0.4 is 5.32 Å². The van der Waals surface area contributed by atoms with Crippen LogP contribution in [0.3, 0.4) is 0 Å². The molecule has 0 spiro atoms. The molecule has 1 amide bonds. The molecule has 6 heteroatoms. The highest BCUT2D eigenvalue weighted by Crippen LogP contribution is 2.35. The van der Waals surface area contributed by atoms with Gasteiger partial charge in [-0.25, -0.2) is 9.78 Å². The fraction of sp³-hybridized carbons (Fsp3) is 0.615.